The highest BCUT2D eigenvalue weighted by Crippen LogP contribution is 2.23. The maximum atomic E-state index is 12.8. The molecule has 29 heavy (non-hydrogen) atoms. The number of aryl methyl sites for hydroxylation is 3. The second-order valence-corrected chi connectivity index (χ2v) is 8.28. The molecule has 4 rings (SSSR count). The molecule has 7 nitrogen and oxygen atoms in total. The van der Waals surface area contributed by atoms with Gasteiger partial charge in [0, 0.05) is 44.0 Å². The SMILES string of the molecule is Cc1cc(N2CCN(C(=O)c3cc(C)oc3C)CC2)nc(NC2CCCCC2)n1. The van der Waals surface area contributed by atoms with Crippen LogP contribution in [0.4, 0.5) is 11.8 Å². The number of furan rings is 1. The van der Waals surface area contributed by atoms with E-state index in [1.54, 1.807) is 0 Å². The van der Waals surface area contributed by atoms with Gasteiger partial charge >= 0.3 is 0 Å². The van der Waals surface area contributed by atoms with E-state index >= 15 is 0 Å². The number of carbonyl (C=O) groups is 1. The number of hydrogen-bond acceptors (Lipinski definition) is 6. The van der Waals surface area contributed by atoms with Crippen LogP contribution in [0, 0.1) is 20.8 Å². The number of nitrogens with zero attached hydrogens (tertiary/aromatic N) is 4. The number of carbonyl (C=O) groups excluding carboxylic acids is 1. The molecule has 0 bridgehead atoms. The van der Waals surface area contributed by atoms with Crippen molar-refractivity contribution in [2.24, 2.45) is 0 Å². The van der Waals surface area contributed by atoms with E-state index in [0.29, 0.717) is 30.5 Å². The normalized spacial score (nSPS) is 18.2. The second kappa shape index (κ2) is 8.43. The fraction of sp³-hybridized carbons (Fsp3) is 0.591. The number of hydrogen-bond donors (Lipinski definition) is 1. The summed E-state index contributed by atoms with van der Waals surface area (Å²) in [6.45, 7) is 8.62. The standard InChI is InChI=1S/C22H31N5O2/c1-15-13-20(25-22(23-15)24-18-7-5-4-6-8-18)26-9-11-27(12-10-26)21(28)19-14-16(2)29-17(19)3/h13-14,18H,4-12H2,1-3H3,(H,23,24,25). The molecule has 1 saturated heterocycles. The van der Waals surface area contributed by atoms with Crippen LogP contribution in [0.2, 0.25) is 0 Å². The van der Waals surface area contributed by atoms with Crippen molar-refractivity contribution in [2.45, 2.75) is 58.9 Å². The summed E-state index contributed by atoms with van der Waals surface area (Å²) in [7, 11) is 0. The van der Waals surface area contributed by atoms with Crippen LogP contribution >= 0.6 is 0 Å². The van der Waals surface area contributed by atoms with Crippen LogP contribution in [0.3, 0.4) is 0 Å². The summed E-state index contributed by atoms with van der Waals surface area (Å²) in [5.41, 5.74) is 1.64. The minimum atomic E-state index is 0.0533. The van der Waals surface area contributed by atoms with Crippen molar-refractivity contribution in [1.82, 2.24) is 14.9 Å². The van der Waals surface area contributed by atoms with Crippen molar-refractivity contribution < 1.29 is 9.21 Å². The number of anilines is 2. The van der Waals surface area contributed by atoms with Gasteiger partial charge in [-0.25, -0.2) is 4.98 Å². The Morgan fingerprint density at radius 3 is 2.41 bits per heavy atom. The molecular weight excluding hydrogens is 366 g/mol. The minimum Gasteiger partial charge on any atom is -0.466 e. The van der Waals surface area contributed by atoms with Crippen molar-refractivity contribution in [1.29, 1.82) is 0 Å². The van der Waals surface area contributed by atoms with E-state index in [2.05, 4.69) is 15.2 Å². The molecule has 2 aliphatic rings. The van der Waals surface area contributed by atoms with Crippen molar-refractivity contribution >= 4 is 17.7 Å². The molecule has 1 aliphatic heterocycles. The zero-order valence-corrected chi connectivity index (χ0v) is 17.7. The van der Waals surface area contributed by atoms with Crippen LogP contribution in [-0.4, -0.2) is 53.0 Å². The molecule has 1 saturated carbocycles. The summed E-state index contributed by atoms with van der Waals surface area (Å²) >= 11 is 0. The van der Waals surface area contributed by atoms with Gasteiger partial charge in [0.15, 0.2) is 0 Å². The van der Waals surface area contributed by atoms with E-state index in [1.807, 2.05) is 37.8 Å². The van der Waals surface area contributed by atoms with E-state index in [4.69, 9.17) is 9.40 Å². The Balaban J connectivity index is 1.40. The third-order valence-electron chi connectivity index (χ3n) is 5.94. The molecule has 156 valence electrons. The van der Waals surface area contributed by atoms with Gasteiger partial charge in [-0.2, -0.15) is 4.98 Å². The van der Waals surface area contributed by atoms with E-state index in [1.165, 1.54) is 32.1 Å². The number of amides is 1. The molecule has 2 fully saturated rings. The van der Waals surface area contributed by atoms with Crippen molar-refractivity contribution in [3.8, 4) is 0 Å². The lowest BCUT2D eigenvalue weighted by atomic mass is 9.96. The van der Waals surface area contributed by atoms with Gasteiger partial charge < -0.3 is 19.5 Å². The van der Waals surface area contributed by atoms with Crippen LogP contribution in [0.5, 0.6) is 0 Å². The van der Waals surface area contributed by atoms with Gasteiger partial charge in [0.25, 0.3) is 5.91 Å². The Hall–Kier alpha value is -2.57. The Labute approximate surface area is 172 Å². The third-order valence-corrected chi connectivity index (χ3v) is 5.94. The monoisotopic (exact) mass is 397 g/mol. The summed E-state index contributed by atoms with van der Waals surface area (Å²) in [5.74, 6) is 3.20. The Bertz CT molecular complexity index is 864. The molecule has 2 aromatic heterocycles. The van der Waals surface area contributed by atoms with Crippen molar-refractivity contribution in [2.75, 3.05) is 36.4 Å². The van der Waals surface area contributed by atoms with Gasteiger partial charge in [-0.05, 0) is 39.7 Å². The number of aromatic nitrogens is 2. The first-order valence-corrected chi connectivity index (χ1v) is 10.7. The number of piperazine rings is 1. The highest BCUT2D eigenvalue weighted by molar-refractivity contribution is 5.95. The zero-order chi connectivity index (χ0) is 20.4. The lowest BCUT2D eigenvalue weighted by Gasteiger charge is -2.35. The van der Waals surface area contributed by atoms with Crippen LogP contribution < -0.4 is 10.2 Å². The first-order chi connectivity index (χ1) is 14.0. The molecular formula is C22H31N5O2. The van der Waals surface area contributed by atoms with Crippen LogP contribution in [0.1, 0.15) is 59.7 Å². The molecule has 0 unspecified atom stereocenters. The fourth-order valence-corrected chi connectivity index (χ4v) is 4.36. The molecule has 1 aliphatic carbocycles. The summed E-state index contributed by atoms with van der Waals surface area (Å²) in [6, 6.07) is 4.35. The Morgan fingerprint density at radius 2 is 1.76 bits per heavy atom. The predicted octanol–water partition coefficient (Wildman–Crippen LogP) is 3.70. The van der Waals surface area contributed by atoms with Gasteiger partial charge in [-0.1, -0.05) is 19.3 Å². The number of nitrogens with one attached hydrogen (secondary N) is 1. The largest absolute Gasteiger partial charge is 0.466 e. The van der Waals surface area contributed by atoms with E-state index in [-0.39, 0.29) is 5.91 Å². The zero-order valence-electron chi connectivity index (χ0n) is 17.7. The fourth-order valence-electron chi connectivity index (χ4n) is 4.36. The van der Waals surface area contributed by atoms with Crippen molar-refractivity contribution in [3.63, 3.8) is 0 Å². The third kappa shape index (κ3) is 4.54. The molecule has 1 N–H and O–H groups in total. The molecule has 2 aromatic rings. The molecule has 3 heterocycles. The first-order valence-electron chi connectivity index (χ1n) is 10.7. The molecule has 0 radical (unpaired) electrons. The molecule has 0 aromatic carbocycles. The van der Waals surface area contributed by atoms with Gasteiger partial charge in [-0.3, -0.25) is 4.79 Å². The first kappa shape index (κ1) is 19.7. The quantitative estimate of drug-likeness (QED) is 0.848. The van der Waals surface area contributed by atoms with Gasteiger partial charge in [-0.15, -0.1) is 0 Å². The van der Waals surface area contributed by atoms with Crippen molar-refractivity contribution in [3.05, 3.63) is 34.9 Å². The number of rotatable bonds is 4. The highest BCUT2D eigenvalue weighted by atomic mass is 16.3. The maximum Gasteiger partial charge on any atom is 0.257 e. The van der Waals surface area contributed by atoms with Crippen LogP contribution in [0.15, 0.2) is 16.5 Å². The summed E-state index contributed by atoms with van der Waals surface area (Å²) in [5, 5.41) is 3.53. The van der Waals surface area contributed by atoms with E-state index < -0.39 is 0 Å². The molecule has 7 heteroatoms. The summed E-state index contributed by atoms with van der Waals surface area (Å²) in [6.07, 6.45) is 6.28. The molecule has 0 spiro atoms. The van der Waals surface area contributed by atoms with Gasteiger partial charge in [0.2, 0.25) is 5.95 Å². The molecule has 0 atom stereocenters. The lowest BCUT2D eigenvalue weighted by molar-refractivity contribution is 0.0744. The van der Waals surface area contributed by atoms with Gasteiger partial charge in [0.1, 0.15) is 17.3 Å². The Morgan fingerprint density at radius 1 is 1.03 bits per heavy atom. The van der Waals surface area contributed by atoms with E-state index in [0.717, 1.165) is 36.3 Å². The predicted molar refractivity (Wildman–Crippen MR) is 114 cm³/mol. The average molecular weight is 398 g/mol. The second-order valence-electron chi connectivity index (χ2n) is 8.28. The van der Waals surface area contributed by atoms with Gasteiger partial charge in [0.05, 0.1) is 5.56 Å². The highest BCUT2D eigenvalue weighted by Gasteiger charge is 2.26. The summed E-state index contributed by atoms with van der Waals surface area (Å²) in [4.78, 5) is 26.3. The maximum absolute atomic E-state index is 12.8. The smallest absolute Gasteiger partial charge is 0.257 e. The lowest BCUT2D eigenvalue weighted by Crippen LogP contribution is -2.49. The minimum absolute atomic E-state index is 0.0533. The average Bonchev–Trinajstić information content (AvgIpc) is 3.06. The topological polar surface area (TPSA) is 74.5 Å². The van der Waals surface area contributed by atoms with Crippen LogP contribution in [-0.2, 0) is 0 Å². The van der Waals surface area contributed by atoms with E-state index in [9.17, 15) is 4.79 Å². The summed E-state index contributed by atoms with van der Waals surface area (Å²) < 4.78 is 5.52. The van der Waals surface area contributed by atoms with Crippen LogP contribution in [0.25, 0.3) is 0 Å². The molecule has 1 amide bonds. The Kier molecular flexibility index (Phi) is 5.74.